The van der Waals surface area contributed by atoms with Crippen molar-refractivity contribution in [1.29, 1.82) is 0 Å². The number of H-pyrrole nitrogens is 1. The molecule has 4 rings (SSSR count). The summed E-state index contributed by atoms with van der Waals surface area (Å²) in [5.41, 5.74) is 2.47. The van der Waals surface area contributed by atoms with Crippen LogP contribution < -0.4 is 10.9 Å². The molecule has 7 nitrogen and oxygen atoms in total. The first kappa shape index (κ1) is 16.6. The fourth-order valence-corrected chi connectivity index (χ4v) is 2.87. The maximum absolute atomic E-state index is 12.5. The molecular weight excluding hydrogens is 342 g/mol. The number of rotatable bonds is 5. The van der Waals surface area contributed by atoms with E-state index in [2.05, 4.69) is 15.4 Å². The van der Waals surface area contributed by atoms with Gasteiger partial charge in [0.1, 0.15) is 5.69 Å². The molecule has 1 amide bonds. The second-order valence-electron chi connectivity index (χ2n) is 5.96. The quantitative estimate of drug-likeness (QED) is 0.573. The molecule has 0 aliphatic rings. The Balaban J connectivity index is 1.52. The zero-order valence-electron chi connectivity index (χ0n) is 14.4. The highest BCUT2D eigenvalue weighted by molar-refractivity contribution is 5.92. The zero-order valence-corrected chi connectivity index (χ0v) is 14.4. The number of nitrogens with one attached hydrogen (secondary N) is 2. The molecule has 134 valence electrons. The summed E-state index contributed by atoms with van der Waals surface area (Å²) in [7, 11) is 0. The molecule has 0 saturated heterocycles. The lowest BCUT2D eigenvalue weighted by Crippen LogP contribution is -2.24. The second-order valence-corrected chi connectivity index (χ2v) is 5.96. The van der Waals surface area contributed by atoms with E-state index in [0.29, 0.717) is 12.2 Å². The van der Waals surface area contributed by atoms with Crippen LogP contribution in [0.1, 0.15) is 16.1 Å². The van der Waals surface area contributed by atoms with Gasteiger partial charge >= 0.3 is 0 Å². The van der Waals surface area contributed by atoms with Crippen molar-refractivity contribution in [3.8, 4) is 11.4 Å². The largest absolute Gasteiger partial charge is 0.347 e. The Morgan fingerprint density at radius 1 is 1.07 bits per heavy atom. The number of hydrogen-bond donors (Lipinski definition) is 2. The van der Waals surface area contributed by atoms with Crippen molar-refractivity contribution in [3.63, 3.8) is 0 Å². The number of aromatic amines is 1. The minimum atomic E-state index is -0.345. The van der Waals surface area contributed by atoms with E-state index in [0.717, 1.165) is 11.3 Å². The number of imidazole rings is 1. The number of amides is 1. The topological polar surface area (TPSA) is 84.7 Å². The number of nitrogens with zero attached hydrogens (tertiary/aromatic N) is 3. The summed E-state index contributed by atoms with van der Waals surface area (Å²) >= 11 is 0. The Morgan fingerprint density at radius 2 is 1.85 bits per heavy atom. The fraction of sp³-hybridized carbons (Fsp3) is 0.0500. The maximum Gasteiger partial charge on any atom is 0.271 e. The Bertz CT molecular complexity index is 1110. The van der Waals surface area contributed by atoms with Crippen LogP contribution in [-0.2, 0) is 6.54 Å². The molecule has 27 heavy (non-hydrogen) atoms. The monoisotopic (exact) mass is 359 g/mol. The number of hydrogen-bond acceptors (Lipinski definition) is 3. The van der Waals surface area contributed by atoms with Gasteiger partial charge in [0.25, 0.3) is 11.5 Å². The van der Waals surface area contributed by atoms with Crippen LogP contribution in [0.5, 0.6) is 0 Å². The van der Waals surface area contributed by atoms with E-state index in [1.807, 2.05) is 53.2 Å². The molecule has 0 atom stereocenters. The van der Waals surface area contributed by atoms with Crippen LogP contribution in [-0.4, -0.2) is 25.2 Å². The first-order chi connectivity index (χ1) is 13.2. The van der Waals surface area contributed by atoms with Gasteiger partial charge in [-0.05, 0) is 23.8 Å². The molecule has 0 unspecified atom stereocenters. The van der Waals surface area contributed by atoms with Crippen LogP contribution in [0.2, 0.25) is 0 Å². The molecule has 2 N–H and O–H groups in total. The number of aromatic nitrogens is 4. The molecule has 2 aromatic heterocycles. The van der Waals surface area contributed by atoms with Crippen molar-refractivity contribution in [2.45, 2.75) is 6.54 Å². The average Bonchev–Trinajstić information content (AvgIpc) is 3.37. The highest BCUT2D eigenvalue weighted by Gasteiger charge is 2.13. The first-order valence-electron chi connectivity index (χ1n) is 8.44. The van der Waals surface area contributed by atoms with Gasteiger partial charge in [-0.2, -0.15) is 0 Å². The van der Waals surface area contributed by atoms with Gasteiger partial charge in [0.2, 0.25) is 0 Å². The molecule has 0 spiro atoms. The molecule has 0 radical (unpaired) electrons. The molecule has 7 heteroatoms. The van der Waals surface area contributed by atoms with E-state index in [4.69, 9.17) is 0 Å². The number of para-hydroxylation sites is 2. The van der Waals surface area contributed by atoms with Crippen molar-refractivity contribution in [2.75, 3.05) is 0 Å². The standard InChI is InChI=1S/C20H17N5O2/c26-19-12-17(23-25(19)16-7-2-1-3-8-16)20(27)22-13-15-6-4-5-9-18(15)24-11-10-21-14-24/h1-12,14,23H,13H2,(H,22,27). The van der Waals surface area contributed by atoms with Gasteiger partial charge in [-0.1, -0.05) is 36.4 Å². The lowest BCUT2D eigenvalue weighted by atomic mass is 10.1. The fourth-order valence-electron chi connectivity index (χ4n) is 2.87. The van der Waals surface area contributed by atoms with Crippen LogP contribution in [0.25, 0.3) is 11.4 Å². The van der Waals surface area contributed by atoms with Crippen LogP contribution in [0.3, 0.4) is 0 Å². The van der Waals surface area contributed by atoms with E-state index < -0.39 is 0 Å². The summed E-state index contributed by atoms with van der Waals surface area (Å²) in [5, 5.41) is 5.71. The van der Waals surface area contributed by atoms with Crippen LogP contribution >= 0.6 is 0 Å². The molecule has 2 aromatic carbocycles. The summed E-state index contributed by atoms with van der Waals surface area (Å²) in [6.07, 6.45) is 5.25. The molecule has 0 aliphatic heterocycles. The van der Waals surface area contributed by atoms with Gasteiger partial charge in [0.05, 0.1) is 17.7 Å². The van der Waals surface area contributed by atoms with Gasteiger partial charge in [0, 0.05) is 25.0 Å². The third kappa shape index (κ3) is 3.43. The minimum Gasteiger partial charge on any atom is -0.347 e. The van der Waals surface area contributed by atoms with Gasteiger partial charge in [-0.3, -0.25) is 14.7 Å². The van der Waals surface area contributed by atoms with Crippen molar-refractivity contribution in [3.05, 3.63) is 101 Å². The summed E-state index contributed by atoms with van der Waals surface area (Å²) in [6.45, 7) is 0.325. The number of carbonyl (C=O) groups excluding carboxylic acids is 1. The van der Waals surface area contributed by atoms with Gasteiger partial charge in [-0.15, -0.1) is 0 Å². The van der Waals surface area contributed by atoms with Gasteiger partial charge < -0.3 is 9.88 Å². The summed E-state index contributed by atoms with van der Waals surface area (Å²) in [4.78, 5) is 28.7. The predicted octanol–water partition coefficient (Wildman–Crippen LogP) is 2.28. The normalized spacial score (nSPS) is 10.7. The zero-order chi connectivity index (χ0) is 18.6. The molecule has 2 heterocycles. The number of benzene rings is 2. The number of carbonyl (C=O) groups is 1. The smallest absolute Gasteiger partial charge is 0.271 e. The third-order valence-electron chi connectivity index (χ3n) is 4.19. The average molecular weight is 359 g/mol. The minimum absolute atomic E-state index is 0.212. The second kappa shape index (κ2) is 7.17. The maximum atomic E-state index is 12.5. The van der Waals surface area contributed by atoms with E-state index in [1.54, 1.807) is 24.7 Å². The molecule has 4 aromatic rings. The van der Waals surface area contributed by atoms with Crippen molar-refractivity contribution >= 4 is 5.91 Å². The Labute approximate surface area is 154 Å². The highest BCUT2D eigenvalue weighted by Crippen LogP contribution is 2.14. The van der Waals surface area contributed by atoms with Gasteiger partial charge in [0.15, 0.2) is 0 Å². The molecule has 0 fully saturated rings. The summed E-state index contributed by atoms with van der Waals surface area (Å²) < 4.78 is 3.23. The first-order valence-corrected chi connectivity index (χ1v) is 8.44. The molecule has 0 bridgehead atoms. The van der Waals surface area contributed by atoms with Crippen LogP contribution in [0, 0.1) is 0 Å². The SMILES string of the molecule is O=C(NCc1ccccc1-n1ccnc1)c1cc(=O)n(-c2ccccc2)[nH]1. The molecule has 0 aliphatic carbocycles. The lowest BCUT2D eigenvalue weighted by Gasteiger charge is -2.10. The third-order valence-corrected chi connectivity index (χ3v) is 4.19. The van der Waals surface area contributed by atoms with E-state index in [1.165, 1.54) is 10.7 Å². The Kier molecular flexibility index (Phi) is 4.40. The van der Waals surface area contributed by atoms with Crippen molar-refractivity contribution in [1.82, 2.24) is 24.6 Å². The molecule has 0 saturated carbocycles. The van der Waals surface area contributed by atoms with Crippen molar-refractivity contribution in [2.24, 2.45) is 0 Å². The Hall–Kier alpha value is -3.87. The summed E-state index contributed by atoms with van der Waals surface area (Å²) in [5.74, 6) is -0.345. The Morgan fingerprint density at radius 3 is 2.63 bits per heavy atom. The molecular formula is C20H17N5O2. The predicted molar refractivity (Wildman–Crippen MR) is 101 cm³/mol. The van der Waals surface area contributed by atoms with E-state index in [-0.39, 0.29) is 17.2 Å². The van der Waals surface area contributed by atoms with Gasteiger partial charge in [-0.25, -0.2) is 9.67 Å². The van der Waals surface area contributed by atoms with Crippen LogP contribution in [0.15, 0.2) is 84.2 Å². The van der Waals surface area contributed by atoms with Crippen LogP contribution in [0.4, 0.5) is 0 Å². The van der Waals surface area contributed by atoms with Crippen molar-refractivity contribution < 1.29 is 4.79 Å². The van der Waals surface area contributed by atoms with E-state index in [9.17, 15) is 9.59 Å². The van der Waals surface area contributed by atoms with E-state index >= 15 is 0 Å². The highest BCUT2D eigenvalue weighted by atomic mass is 16.2. The summed E-state index contributed by atoms with van der Waals surface area (Å²) in [6, 6.07) is 18.1. The lowest BCUT2D eigenvalue weighted by molar-refractivity contribution is 0.0945.